The molecule has 2 rings (SSSR count). The Kier molecular flexibility index (Phi) is 3.91. The average Bonchev–Trinajstić information content (AvgIpc) is 2.37. The van der Waals surface area contributed by atoms with Crippen molar-refractivity contribution >= 4 is 11.8 Å². The summed E-state index contributed by atoms with van der Waals surface area (Å²) in [7, 11) is 0. The summed E-state index contributed by atoms with van der Waals surface area (Å²) in [5.74, 6) is -5.46. The highest BCUT2D eigenvalue weighted by Crippen LogP contribution is 2.30. The van der Waals surface area contributed by atoms with Gasteiger partial charge in [-0.1, -0.05) is 30.3 Å². The fraction of sp³-hybridized carbons (Fsp3) is 0.0769. The van der Waals surface area contributed by atoms with E-state index in [1.807, 2.05) is 6.07 Å². The van der Waals surface area contributed by atoms with E-state index in [1.165, 1.54) is 0 Å². The van der Waals surface area contributed by atoms with Crippen LogP contribution < -0.4 is 0 Å². The van der Waals surface area contributed by atoms with Crippen molar-refractivity contribution in [2.24, 2.45) is 0 Å². The quantitative estimate of drug-likeness (QED) is 0.342. The molecule has 94 valence electrons. The maximum absolute atomic E-state index is 13.4. The lowest BCUT2D eigenvalue weighted by Crippen LogP contribution is -1.97. The fourth-order valence-corrected chi connectivity index (χ4v) is 2.33. The van der Waals surface area contributed by atoms with Crippen LogP contribution in [0.1, 0.15) is 5.56 Å². The Labute approximate surface area is 106 Å². The first-order valence-corrected chi connectivity index (χ1v) is 6.08. The lowest BCUT2D eigenvalue weighted by Gasteiger charge is -2.06. The van der Waals surface area contributed by atoms with E-state index in [-0.39, 0.29) is 5.75 Å². The maximum Gasteiger partial charge on any atom is 0.195 e. The Morgan fingerprint density at radius 1 is 0.833 bits per heavy atom. The lowest BCUT2D eigenvalue weighted by molar-refractivity contribution is 0.415. The molecule has 0 N–H and O–H groups in total. The minimum Gasteiger partial charge on any atom is -0.206 e. The average molecular weight is 272 g/mol. The Morgan fingerprint density at radius 3 is 2.17 bits per heavy atom. The zero-order valence-corrected chi connectivity index (χ0v) is 9.91. The summed E-state index contributed by atoms with van der Waals surface area (Å²) in [5.41, 5.74) is 0.839. The van der Waals surface area contributed by atoms with Crippen molar-refractivity contribution < 1.29 is 17.6 Å². The second kappa shape index (κ2) is 5.44. The van der Waals surface area contributed by atoms with Crippen molar-refractivity contribution in [3.05, 3.63) is 65.2 Å². The molecule has 0 radical (unpaired) electrons. The molecule has 0 aliphatic carbocycles. The molecule has 0 spiro atoms. The molecule has 0 unspecified atom stereocenters. The summed E-state index contributed by atoms with van der Waals surface area (Å²) >= 11 is 0.793. The molecule has 0 saturated carbocycles. The third kappa shape index (κ3) is 2.67. The van der Waals surface area contributed by atoms with Crippen LogP contribution in [0.4, 0.5) is 17.6 Å². The van der Waals surface area contributed by atoms with Crippen LogP contribution in [0.25, 0.3) is 0 Å². The number of benzene rings is 2. The normalized spacial score (nSPS) is 10.7. The Hall–Kier alpha value is -1.49. The van der Waals surface area contributed by atoms with Gasteiger partial charge in [0.05, 0.1) is 4.90 Å². The van der Waals surface area contributed by atoms with Crippen molar-refractivity contribution in [1.29, 1.82) is 0 Å². The van der Waals surface area contributed by atoms with Crippen molar-refractivity contribution in [2.75, 3.05) is 0 Å². The smallest absolute Gasteiger partial charge is 0.195 e. The first-order valence-electron chi connectivity index (χ1n) is 5.09. The van der Waals surface area contributed by atoms with Gasteiger partial charge in [-0.2, -0.15) is 0 Å². The Bertz CT molecular complexity index is 555. The van der Waals surface area contributed by atoms with Gasteiger partial charge in [0.25, 0.3) is 0 Å². The molecule has 0 aromatic heterocycles. The highest BCUT2D eigenvalue weighted by Gasteiger charge is 2.19. The second-order valence-corrected chi connectivity index (χ2v) is 4.56. The molecule has 2 aromatic rings. The summed E-state index contributed by atoms with van der Waals surface area (Å²) in [6.45, 7) is 0. The maximum atomic E-state index is 13.4. The first kappa shape index (κ1) is 13.0. The lowest BCUT2D eigenvalue weighted by atomic mass is 10.2. The van der Waals surface area contributed by atoms with Gasteiger partial charge in [-0.25, -0.2) is 17.6 Å². The van der Waals surface area contributed by atoms with Gasteiger partial charge >= 0.3 is 0 Å². The van der Waals surface area contributed by atoms with Gasteiger partial charge in [-0.15, -0.1) is 11.8 Å². The highest BCUT2D eigenvalue weighted by molar-refractivity contribution is 7.98. The van der Waals surface area contributed by atoms with Crippen molar-refractivity contribution in [2.45, 2.75) is 10.6 Å². The number of thioether (sulfide) groups is 1. The van der Waals surface area contributed by atoms with E-state index < -0.39 is 28.2 Å². The topological polar surface area (TPSA) is 0 Å². The standard InChI is InChI=1S/C13H8F4S/c14-9-6-10(15)13(12(17)11(9)16)18-7-8-4-2-1-3-5-8/h1-6H,7H2. The van der Waals surface area contributed by atoms with Crippen molar-refractivity contribution in [3.63, 3.8) is 0 Å². The Morgan fingerprint density at radius 2 is 1.50 bits per heavy atom. The van der Waals surface area contributed by atoms with E-state index in [0.717, 1.165) is 17.3 Å². The molecule has 0 aliphatic rings. The molecule has 0 aliphatic heterocycles. The molecule has 0 heterocycles. The van der Waals surface area contributed by atoms with Crippen LogP contribution in [0.5, 0.6) is 0 Å². The van der Waals surface area contributed by atoms with Crippen LogP contribution >= 0.6 is 11.8 Å². The molecule has 18 heavy (non-hydrogen) atoms. The van der Waals surface area contributed by atoms with Crippen LogP contribution in [-0.2, 0) is 5.75 Å². The van der Waals surface area contributed by atoms with Gasteiger partial charge in [0.15, 0.2) is 17.5 Å². The molecule has 0 bridgehead atoms. The van der Waals surface area contributed by atoms with Gasteiger partial charge in [-0.3, -0.25) is 0 Å². The predicted molar refractivity (Wildman–Crippen MR) is 62.3 cm³/mol. The molecule has 0 nitrogen and oxygen atoms in total. The highest BCUT2D eigenvalue weighted by atomic mass is 32.2. The van der Waals surface area contributed by atoms with E-state index >= 15 is 0 Å². The third-order valence-electron chi connectivity index (χ3n) is 2.30. The monoisotopic (exact) mass is 272 g/mol. The molecular formula is C13H8F4S. The largest absolute Gasteiger partial charge is 0.206 e. The zero-order valence-electron chi connectivity index (χ0n) is 9.09. The SMILES string of the molecule is Fc1cc(F)c(SCc2ccccc2)c(F)c1F. The summed E-state index contributed by atoms with van der Waals surface area (Å²) in [6.07, 6.45) is 0. The molecule has 0 amide bonds. The number of hydrogen-bond donors (Lipinski definition) is 0. The number of rotatable bonds is 3. The van der Waals surface area contributed by atoms with E-state index in [2.05, 4.69) is 0 Å². The van der Waals surface area contributed by atoms with Gasteiger partial charge in [0.1, 0.15) is 5.82 Å². The van der Waals surface area contributed by atoms with Gasteiger partial charge in [0.2, 0.25) is 0 Å². The minimum atomic E-state index is -1.65. The van der Waals surface area contributed by atoms with Gasteiger partial charge in [0, 0.05) is 11.8 Å². The van der Waals surface area contributed by atoms with Crippen LogP contribution in [0.2, 0.25) is 0 Å². The fourth-order valence-electron chi connectivity index (χ4n) is 1.41. The predicted octanol–water partition coefficient (Wildman–Crippen LogP) is 4.54. The van der Waals surface area contributed by atoms with E-state index in [0.29, 0.717) is 6.07 Å². The summed E-state index contributed by atoms with van der Waals surface area (Å²) < 4.78 is 52.4. The second-order valence-electron chi connectivity index (χ2n) is 3.57. The molecule has 2 aromatic carbocycles. The van der Waals surface area contributed by atoms with Crippen LogP contribution in [0, 0.1) is 23.3 Å². The summed E-state index contributed by atoms with van der Waals surface area (Å²) in [5, 5.41) is 0. The third-order valence-corrected chi connectivity index (χ3v) is 3.44. The van der Waals surface area contributed by atoms with Crippen LogP contribution in [0.3, 0.4) is 0 Å². The number of hydrogen-bond acceptors (Lipinski definition) is 1. The minimum absolute atomic E-state index is 0.278. The number of halogens is 4. The van der Waals surface area contributed by atoms with E-state index in [1.54, 1.807) is 24.3 Å². The summed E-state index contributed by atoms with van der Waals surface area (Å²) in [4.78, 5) is -0.502. The van der Waals surface area contributed by atoms with Crippen LogP contribution in [-0.4, -0.2) is 0 Å². The van der Waals surface area contributed by atoms with Gasteiger partial charge in [-0.05, 0) is 5.56 Å². The zero-order chi connectivity index (χ0) is 13.1. The van der Waals surface area contributed by atoms with Crippen molar-refractivity contribution in [3.8, 4) is 0 Å². The molecule has 0 saturated heterocycles. The van der Waals surface area contributed by atoms with Crippen LogP contribution in [0.15, 0.2) is 41.3 Å². The first-order chi connectivity index (χ1) is 8.59. The molecule has 0 fully saturated rings. The molecular weight excluding hydrogens is 264 g/mol. The van der Waals surface area contributed by atoms with Crippen molar-refractivity contribution in [1.82, 2.24) is 0 Å². The van der Waals surface area contributed by atoms with E-state index in [4.69, 9.17) is 0 Å². The van der Waals surface area contributed by atoms with Gasteiger partial charge < -0.3 is 0 Å². The molecule has 0 atom stereocenters. The van der Waals surface area contributed by atoms with E-state index in [9.17, 15) is 17.6 Å². The summed E-state index contributed by atoms with van der Waals surface area (Å²) in [6, 6.07) is 9.30. The Balaban J connectivity index is 2.22. The molecule has 5 heteroatoms.